The summed E-state index contributed by atoms with van der Waals surface area (Å²) in [7, 11) is 0. The lowest BCUT2D eigenvalue weighted by Crippen LogP contribution is -2.30. The first-order valence-corrected chi connectivity index (χ1v) is 8.24. The van der Waals surface area contributed by atoms with Crippen LogP contribution in [0.5, 0.6) is 0 Å². The van der Waals surface area contributed by atoms with Gasteiger partial charge in [-0.1, -0.05) is 41.4 Å². The molecule has 3 rings (SSSR count). The first kappa shape index (κ1) is 17.3. The van der Waals surface area contributed by atoms with Crippen LogP contribution < -0.4 is 5.32 Å². The lowest BCUT2D eigenvalue weighted by atomic mass is 10.2. The molecular formula is C18H14Cl2N2O3. The molecule has 0 radical (unpaired) electrons. The highest BCUT2D eigenvalue weighted by Gasteiger charge is 2.21. The summed E-state index contributed by atoms with van der Waals surface area (Å²) in [5.41, 5.74) is 1.45. The molecule has 128 valence electrons. The maximum absolute atomic E-state index is 12.2. The van der Waals surface area contributed by atoms with Gasteiger partial charge in [-0.05, 0) is 37.3 Å². The molecule has 25 heavy (non-hydrogen) atoms. The normalized spacial score (nSPS) is 12.0. The third kappa shape index (κ3) is 3.95. The maximum Gasteiger partial charge on any atom is 0.355 e. The fourth-order valence-corrected chi connectivity index (χ4v) is 2.63. The summed E-state index contributed by atoms with van der Waals surface area (Å²) in [6.45, 7) is 1.48. The van der Waals surface area contributed by atoms with Gasteiger partial charge in [0.25, 0.3) is 5.91 Å². The topological polar surface area (TPSA) is 71.2 Å². The Bertz CT molecular complexity index is 919. The van der Waals surface area contributed by atoms with E-state index in [1.54, 1.807) is 18.2 Å². The zero-order valence-electron chi connectivity index (χ0n) is 13.2. The Morgan fingerprint density at radius 3 is 2.64 bits per heavy atom. The minimum atomic E-state index is -1.01. The van der Waals surface area contributed by atoms with E-state index in [0.717, 1.165) is 10.9 Å². The lowest BCUT2D eigenvalue weighted by molar-refractivity contribution is -0.123. The lowest BCUT2D eigenvalue weighted by Gasteiger charge is -2.14. The van der Waals surface area contributed by atoms with Crippen molar-refractivity contribution in [2.45, 2.75) is 13.0 Å². The third-order valence-corrected chi connectivity index (χ3v) is 4.15. The second-order valence-electron chi connectivity index (χ2n) is 5.43. The van der Waals surface area contributed by atoms with E-state index < -0.39 is 18.0 Å². The third-order valence-electron chi connectivity index (χ3n) is 3.59. The van der Waals surface area contributed by atoms with Crippen LogP contribution in [0.2, 0.25) is 10.0 Å². The largest absolute Gasteiger partial charge is 0.448 e. The summed E-state index contributed by atoms with van der Waals surface area (Å²) in [4.78, 5) is 27.4. The van der Waals surface area contributed by atoms with E-state index in [1.807, 2.05) is 24.3 Å². The van der Waals surface area contributed by atoms with Crippen molar-refractivity contribution in [2.75, 3.05) is 5.32 Å². The number of hydrogen-bond acceptors (Lipinski definition) is 3. The summed E-state index contributed by atoms with van der Waals surface area (Å²) >= 11 is 11.9. The SMILES string of the molecule is C[C@H](OC(=O)c1cc2ccccc2[nH]1)C(=O)Nc1cc(Cl)ccc1Cl. The quantitative estimate of drug-likeness (QED) is 0.650. The molecule has 5 nitrogen and oxygen atoms in total. The maximum atomic E-state index is 12.2. The van der Waals surface area contributed by atoms with Gasteiger partial charge in [0.2, 0.25) is 0 Å². The van der Waals surface area contributed by atoms with Crippen LogP contribution in [0, 0.1) is 0 Å². The van der Waals surface area contributed by atoms with Crippen LogP contribution in [-0.4, -0.2) is 23.0 Å². The highest BCUT2D eigenvalue weighted by molar-refractivity contribution is 6.35. The Balaban J connectivity index is 1.68. The number of fused-ring (bicyclic) bond motifs is 1. The molecule has 0 saturated heterocycles. The number of hydrogen-bond donors (Lipinski definition) is 2. The zero-order chi connectivity index (χ0) is 18.0. The van der Waals surface area contributed by atoms with Crippen LogP contribution in [0.4, 0.5) is 5.69 Å². The van der Waals surface area contributed by atoms with Crippen LogP contribution in [0.15, 0.2) is 48.5 Å². The van der Waals surface area contributed by atoms with Gasteiger partial charge in [0.1, 0.15) is 5.69 Å². The average Bonchev–Trinajstić information content (AvgIpc) is 3.02. The molecule has 0 bridgehead atoms. The predicted octanol–water partition coefficient (Wildman–Crippen LogP) is 4.66. The Morgan fingerprint density at radius 1 is 1.12 bits per heavy atom. The molecule has 3 aromatic rings. The van der Waals surface area contributed by atoms with Gasteiger partial charge in [-0.2, -0.15) is 0 Å². The molecule has 0 aliphatic carbocycles. The number of amides is 1. The second kappa shape index (κ2) is 7.17. The molecule has 2 N–H and O–H groups in total. The van der Waals surface area contributed by atoms with Crippen molar-refractivity contribution < 1.29 is 14.3 Å². The van der Waals surface area contributed by atoms with E-state index in [0.29, 0.717) is 15.7 Å². The van der Waals surface area contributed by atoms with E-state index in [4.69, 9.17) is 27.9 Å². The number of esters is 1. The number of carbonyl (C=O) groups is 2. The number of aromatic amines is 1. The molecule has 1 atom stereocenters. The van der Waals surface area contributed by atoms with Crippen LogP contribution >= 0.6 is 23.2 Å². The minimum Gasteiger partial charge on any atom is -0.448 e. The highest BCUT2D eigenvalue weighted by Crippen LogP contribution is 2.25. The highest BCUT2D eigenvalue weighted by atomic mass is 35.5. The van der Waals surface area contributed by atoms with Crippen molar-refractivity contribution >= 4 is 51.7 Å². The molecule has 1 aromatic heterocycles. The van der Waals surface area contributed by atoms with Crippen molar-refractivity contribution in [3.05, 3.63) is 64.3 Å². The number of anilines is 1. The first-order chi connectivity index (χ1) is 11.9. The van der Waals surface area contributed by atoms with Crippen LogP contribution in [0.1, 0.15) is 17.4 Å². The van der Waals surface area contributed by atoms with Crippen LogP contribution in [0.25, 0.3) is 10.9 Å². The molecule has 1 heterocycles. The van der Waals surface area contributed by atoms with Gasteiger partial charge >= 0.3 is 5.97 Å². The number of para-hydroxylation sites is 1. The second-order valence-corrected chi connectivity index (χ2v) is 6.27. The van der Waals surface area contributed by atoms with Gasteiger partial charge in [0, 0.05) is 15.9 Å². The Morgan fingerprint density at radius 2 is 1.88 bits per heavy atom. The Labute approximate surface area is 153 Å². The average molecular weight is 377 g/mol. The number of H-pyrrole nitrogens is 1. The molecule has 7 heteroatoms. The molecule has 0 spiro atoms. The number of carbonyl (C=O) groups excluding carboxylic acids is 2. The summed E-state index contributed by atoms with van der Waals surface area (Å²) < 4.78 is 5.21. The summed E-state index contributed by atoms with van der Waals surface area (Å²) in [6, 6.07) is 13.8. The van der Waals surface area contributed by atoms with Crippen molar-refractivity contribution in [1.82, 2.24) is 4.98 Å². The zero-order valence-corrected chi connectivity index (χ0v) is 14.7. The number of rotatable bonds is 4. The first-order valence-electron chi connectivity index (χ1n) is 7.48. The smallest absolute Gasteiger partial charge is 0.355 e. The summed E-state index contributed by atoms with van der Waals surface area (Å²) in [6.07, 6.45) is -1.01. The predicted molar refractivity (Wildman–Crippen MR) is 98.3 cm³/mol. The summed E-state index contributed by atoms with van der Waals surface area (Å²) in [5.74, 6) is -1.12. The number of nitrogens with one attached hydrogen (secondary N) is 2. The van der Waals surface area contributed by atoms with Gasteiger partial charge in [0.05, 0.1) is 10.7 Å². The van der Waals surface area contributed by atoms with Gasteiger partial charge in [0.15, 0.2) is 6.10 Å². The molecule has 0 aliphatic rings. The molecule has 0 fully saturated rings. The molecule has 0 saturated carbocycles. The van der Waals surface area contributed by atoms with Crippen molar-refractivity contribution in [1.29, 1.82) is 0 Å². The van der Waals surface area contributed by atoms with Gasteiger partial charge in [-0.25, -0.2) is 4.79 Å². The number of halogens is 2. The number of benzene rings is 2. The van der Waals surface area contributed by atoms with Crippen molar-refractivity contribution in [2.24, 2.45) is 0 Å². The van der Waals surface area contributed by atoms with Crippen LogP contribution in [0.3, 0.4) is 0 Å². The minimum absolute atomic E-state index is 0.279. The van der Waals surface area contributed by atoms with Crippen LogP contribution in [-0.2, 0) is 9.53 Å². The number of aromatic nitrogens is 1. The molecule has 1 amide bonds. The molecular weight excluding hydrogens is 363 g/mol. The summed E-state index contributed by atoms with van der Waals surface area (Å²) in [5, 5.41) is 4.25. The monoisotopic (exact) mass is 376 g/mol. The Hall–Kier alpha value is -2.50. The van der Waals surface area contributed by atoms with E-state index >= 15 is 0 Å². The van der Waals surface area contributed by atoms with E-state index in [9.17, 15) is 9.59 Å². The number of ether oxygens (including phenoxy) is 1. The van der Waals surface area contributed by atoms with Gasteiger partial charge < -0.3 is 15.0 Å². The fraction of sp³-hybridized carbons (Fsp3) is 0.111. The van der Waals surface area contributed by atoms with Gasteiger partial charge in [-0.3, -0.25) is 4.79 Å². The van der Waals surface area contributed by atoms with E-state index in [1.165, 1.54) is 13.0 Å². The fourth-order valence-electron chi connectivity index (χ4n) is 2.29. The molecule has 0 aliphatic heterocycles. The van der Waals surface area contributed by atoms with Crippen molar-refractivity contribution in [3.8, 4) is 0 Å². The Kier molecular flexibility index (Phi) is 4.97. The molecule has 0 unspecified atom stereocenters. The molecule has 2 aromatic carbocycles. The van der Waals surface area contributed by atoms with E-state index in [-0.39, 0.29) is 5.69 Å². The van der Waals surface area contributed by atoms with Gasteiger partial charge in [-0.15, -0.1) is 0 Å². The van der Waals surface area contributed by atoms with E-state index in [2.05, 4.69) is 10.3 Å². The standard InChI is InChI=1S/C18H14Cl2N2O3/c1-10(17(23)22-15-9-12(19)6-7-13(15)20)25-18(24)16-8-11-4-2-3-5-14(11)21-16/h2-10,21H,1H3,(H,22,23)/t10-/m0/s1. The van der Waals surface area contributed by atoms with Crippen molar-refractivity contribution in [3.63, 3.8) is 0 Å².